The monoisotopic (exact) mass is 212 g/mol. The zero-order chi connectivity index (χ0) is 10.4. The Morgan fingerprint density at radius 3 is 2.64 bits per heavy atom. The van der Waals surface area contributed by atoms with Crippen molar-refractivity contribution in [2.24, 2.45) is 5.10 Å². The number of rotatable bonds is 2. The van der Waals surface area contributed by atoms with E-state index < -0.39 is 6.09 Å². The van der Waals surface area contributed by atoms with Gasteiger partial charge in [-0.3, -0.25) is 0 Å². The highest BCUT2D eigenvalue weighted by Gasteiger charge is 2.00. The maximum atomic E-state index is 10.6. The molecule has 0 aliphatic carbocycles. The SMILES string of the molecule is COC(=O)N/N=C(/Cl)c1ccccc1. The topological polar surface area (TPSA) is 50.7 Å². The second kappa shape index (κ2) is 5.24. The van der Waals surface area contributed by atoms with Gasteiger partial charge in [0.2, 0.25) is 0 Å². The number of ether oxygens (including phenoxy) is 1. The van der Waals surface area contributed by atoms with Gasteiger partial charge in [-0.1, -0.05) is 41.9 Å². The number of hydrogen-bond donors (Lipinski definition) is 1. The number of nitrogens with one attached hydrogen (secondary N) is 1. The molecule has 1 N–H and O–H groups in total. The summed E-state index contributed by atoms with van der Waals surface area (Å²) in [5, 5.41) is 3.83. The molecule has 14 heavy (non-hydrogen) atoms. The van der Waals surface area contributed by atoms with Gasteiger partial charge < -0.3 is 4.74 Å². The largest absolute Gasteiger partial charge is 0.452 e. The minimum absolute atomic E-state index is 0.205. The summed E-state index contributed by atoms with van der Waals surface area (Å²) < 4.78 is 4.32. The quantitative estimate of drug-likeness (QED) is 0.602. The highest BCUT2D eigenvalue weighted by Crippen LogP contribution is 2.03. The number of hydrazone groups is 1. The number of nitrogens with zero attached hydrogens (tertiary/aromatic N) is 1. The van der Waals surface area contributed by atoms with Crippen molar-refractivity contribution in [3.05, 3.63) is 35.9 Å². The van der Waals surface area contributed by atoms with Gasteiger partial charge in [-0.05, 0) is 0 Å². The Bertz CT molecular complexity index is 338. The average Bonchev–Trinajstić information content (AvgIpc) is 2.26. The molecule has 1 rings (SSSR count). The number of benzene rings is 1. The van der Waals surface area contributed by atoms with Crippen LogP contribution < -0.4 is 5.43 Å². The van der Waals surface area contributed by atoms with Crippen LogP contribution in [0.4, 0.5) is 4.79 Å². The lowest BCUT2D eigenvalue weighted by atomic mass is 10.2. The van der Waals surface area contributed by atoms with Crippen LogP contribution in [0.25, 0.3) is 0 Å². The lowest BCUT2D eigenvalue weighted by Crippen LogP contribution is -2.18. The van der Waals surface area contributed by atoms with Crippen molar-refractivity contribution in [3.63, 3.8) is 0 Å². The van der Waals surface area contributed by atoms with Crippen LogP contribution >= 0.6 is 11.6 Å². The molecule has 5 heteroatoms. The molecule has 0 aliphatic heterocycles. The zero-order valence-electron chi connectivity index (χ0n) is 7.53. The smallest absolute Gasteiger partial charge is 0.427 e. The van der Waals surface area contributed by atoms with Crippen molar-refractivity contribution >= 4 is 22.9 Å². The number of carbonyl (C=O) groups excluding carboxylic acids is 1. The second-order valence-corrected chi connectivity index (χ2v) is 2.73. The van der Waals surface area contributed by atoms with Gasteiger partial charge in [-0.25, -0.2) is 10.2 Å². The van der Waals surface area contributed by atoms with Crippen molar-refractivity contribution < 1.29 is 9.53 Å². The van der Waals surface area contributed by atoms with Crippen LogP contribution in [0.5, 0.6) is 0 Å². The Kier molecular flexibility index (Phi) is 3.94. The fourth-order valence-corrected chi connectivity index (χ4v) is 0.949. The molecule has 0 aromatic heterocycles. The molecular formula is C9H9ClN2O2. The highest BCUT2D eigenvalue weighted by atomic mass is 35.5. The molecule has 0 aliphatic rings. The number of carbonyl (C=O) groups is 1. The molecule has 0 heterocycles. The molecule has 4 nitrogen and oxygen atoms in total. The van der Waals surface area contributed by atoms with Gasteiger partial charge in [0.15, 0.2) is 5.17 Å². The first-order valence-electron chi connectivity index (χ1n) is 3.86. The van der Waals surface area contributed by atoms with Crippen LogP contribution in [0, 0.1) is 0 Å². The molecule has 1 amide bonds. The first kappa shape index (κ1) is 10.5. The zero-order valence-corrected chi connectivity index (χ0v) is 8.28. The molecule has 74 valence electrons. The minimum Gasteiger partial charge on any atom is -0.452 e. The standard InChI is InChI=1S/C9H9ClN2O2/c1-14-9(13)12-11-8(10)7-5-3-2-4-6-7/h2-6H,1H3,(H,12,13)/b11-8+. The summed E-state index contributed by atoms with van der Waals surface area (Å²) in [6.45, 7) is 0. The second-order valence-electron chi connectivity index (χ2n) is 2.37. The molecule has 1 aromatic rings. The summed E-state index contributed by atoms with van der Waals surface area (Å²) in [5.74, 6) is 0. The third kappa shape index (κ3) is 3.06. The molecule has 0 bridgehead atoms. The number of amides is 1. The maximum absolute atomic E-state index is 10.6. The molecule has 0 fully saturated rings. The van der Waals surface area contributed by atoms with E-state index in [1.54, 1.807) is 12.1 Å². The van der Waals surface area contributed by atoms with Crippen LogP contribution in [-0.4, -0.2) is 18.4 Å². The Balaban J connectivity index is 2.66. The van der Waals surface area contributed by atoms with Gasteiger partial charge in [0, 0.05) is 5.56 Å². The molecule has 0 saturated carbocycles. The van der Waals surface area contributed by atoms with E-state index in [0.29, 0.717) is 0 Å². The molecular weight excluding hydrogens is 204 g/mol. The molecule has 0 radical (unpaired) electrons. The lowest BCUT2D eigenvalue weighted by Gasteiger charge is -1.99. The fourth-order valence-electron chi connectivity index (χ4n) is 0.781. The summed E-state index contributed by atoms with van der Waals surface area (Å²) in [6, 6.07) is 9.08. The summed E-state index contributed by atoms with van der Waals surface area (Å²) in [4.78, 5) is 10.6. The van der Waals surface area contributed by atoms with E-state index >= 15 is 0 Å². The predicted octanol–water partition coefficient (Wildman–Crippen LogP) is 1.94. The summed E-state index contributed by atoms with van der Waals surface area (Å²) >= 11 is 5.79. The van der Waals surface area contributed by atoms with Gasteiger partial charge in [-0.15, -0.1) is 0 Å². The van der Waals surface area contributed by atoms with Gasteiger partial charge in [0.1, 0.15) is 0 Å². The Labute approximate surface area is 86.5 Å². The van der Waals surface area contributed by atoms with Crippen LogP contribution in [0.15, 0.2) is 35.4 Å². The Morgan fingerprint density at radius 1 is 1.43 bits per heavy atom. The lowest BCUT2D eigenvalue weighted by molar-refractivity contribution is 0.171. The number of hydrogen-bond acceptors (Lipinski definition) is 3. The molecule has 1 aromatic carbocycles. The molecule has 0 atom stereocenters. The van der Waals surface area contributed by atoms with Crippen molar-refractivity contribution in [3.8, 4) is 0 Å². The summed E-state index contributed by atoms with van der Waals surface area (Å²) in [6.07, 6.45) is -0.654. The third-order valence-electron chi connectivity index (χ3n) is 1.44. The Morgan fingerprint density at radius 2 is 2.07 bits per heavy atom. The van der Waals surface area contributed by atoms with Crippen LogP contribution in [0.1, 0.15) is 5.56 Å². The normalized spacial score (nSPS) is 10.9. The Hall–Kier alpha value is -1.55. The fraction of sp³-hybridized carbons (Fsp3) is 0.111. The number of halogens is 1. The third-order valence-corrected chi connectivity index (χ3v) is 1.75. The molecule has 0 unspecified atom stereocenters. The maximum Gasteiger partial charge on any atom is 0.427 e. The highest BCUT2D eigenvalue weighted by molar-refractivity contribution is 6.69. The van der Waals surface area contributed by atoms with E-state index in [4.69, 9.17) is 11.6 Å². The average molecular weight is 213 g/mol. The van der Waals surface area contributed by atoms with Crippen molar-refractivity contribution in [2.75, 3.05) is 7.11 Å². The van der Waals surface area contributed by atoms with E-state index in [9.17, 15) is 4.79 Å². The van der Waals surface area contributed by atoms with Gasteiger partial charge in [-0.2, -0.15) is 5.10 Å². The van der Waals surface area contributed by atoms with Crippen molar-refractivity contribution in [1.82, 2.24) is 5.43 Å². The van der Waals surface area contributed by atoms with Gasteiger partial charge >= 0.3 is 6.09 Å². The minimum atomic E-state index is -0.654. The van der Waals surface area contributed by atoms with E-state index in [-0.39, 0.29) is 5.17 Å². The summed E-state index contributed by atoms with van der Waals surface area (Å²) in [7, 11) is 1.25. The van der Waals surface area contributed by atoms with E-state index in [1.165, 1.54) is 7.11 Å². The van der Waals surface area contributed by atoms with E-state index in [1.807, 2.05) is 18.2 Å². The van der Waals surface area contributed by atoms with E-state index in [0.717, 1.165) is 5.56 Å². The van der Waals surface area contributed by atoms with Crippen LogP contribution in [-0.2, 0) is 4.74 Å². The van der Waals surface area contributed by atoms with Crippen LogP contribution in [0.3, 0.4) is 0 Å². The van der Waals surface area contributed by atoms with Gasteiger partial charge in [0.05, 0.1) is 7.11 Å². The first-order chi connectivity index (χ1) is 6.74. The molecule has 0 saturated heterocycles. The summed E-state index contributed by atoms with van der Waals surface area (Å²) in [5.41, 5.74) is 2.85. The number of methoxy groups -OCH3 is 1. The van der Waals surface area contributed by atoms with Crippen LogP contribution in [0.2, 0.25) is 0 Å². The van der Waals surface area contributed by atoms with Crippen molar-refractivity contribution in [1.29, 1.82) is 0 Å². The predicted molar refractivity (Wildman–Crippen MR) is 54.4 cm³/mol. The van der Waals surface area contributed by atoms with E-state index in [2.05, 4.69) is 15.3 Å². The van der Waals surface area contributed by atoms with Gasteiger partial charge in [0.25, 0.3) is 0 Å². The first-order valence-corrected chi connectivity index (χ1v) is 4.24. The molecule has 0 spiro atoms. The van der Waals surface area contributed by atoms with Crippen molar-refractivity contribution in [2.45, 2.75) is 0 Å².